The van der Waals surface area contributed by atoms with E-state index in [1.807, 2.05) is 24.3 Å². The zero-order valence-corrected chi connectivity index (χ0v) is 15.5. The highest BCUT2D eigenvalue weighted by atomic mass is 16.5. The van der Waals surface area contributed by atoms with E-state index in [0.717, 1.165) is 23.2 Å². The second kappa shape index (κ2) is 9.73. The Kier molecular flexibility index (Phi) is 7.36. The summed E-state index contributed by atoms with van der Waals surface area (Å²) >= 11 is 0. The van der Waals surface area contributed by atoms with E-state index >= 15 is 0 Å². The molecule has 0 saturated carbocycles. The monoisotopic (exact) mass is 355 g/mol. The number of methoxy groups -OCH3 is 1. The van der Waals surface area contributed by atoms with Crippen LogP contribution in [-0.4, -0.2) is 25.6 Å². The van der Waals surface area contributed by atoms with Crippen LogP contribution in [0.5, 0.6) is 0 Å². The Morgan fingerprint density at radius 1 is 1.08 bits per heavy atom. The van der Waals surface area contributed by atoms with E-state index in [9.17, 15) is 9.59 Å². The Morgan fingerprint density at radius 3 is 2.42 bits per heavy atom. The molecule has 0 aliphatic heterocycles. The van der Waals surface area contributed by atoms with Gasteiger partial charge in [-0.25, -0.2) is 4.79 Å². The van der Waals surface area contributed by atoms with Crippen LogP contribution in [0.15, 0.2) is 48.5 Å². The number of benzene rings is 2. The molecule has 5 nitrogen and oxygen atoms in total. The molecule has 0 bridgehead atoms. The van der Waals surface area contributed by atoms with Gasteiger partial charge >= 0.3 is 5.97 Å². The molecule has 2 aromatic rings. The predicted octanol–water partition coefficient (Wildman–Crippen LogP) is 4.14. The van der Waals surface area contributed by atoms with Crippen molar-refractivity contribution in [1.29, 1.82) is 0 Å². The maximum absolute atomic E-state index is 12.1. The third-order valence-electron chi connectivity index (χ3n) is 4.21. The average molecular weight is 355 g/mol. The van der Waals surface area contributed by atoms with Gasteiger partial charge in [0.1, 0.15) is 0 Å². The van der Waals surface area contributed by atoms with Crippen LogP contribution < -0.4 is 5.32 Å². The van der Waals surface area contributed by atoms with Crippen LogP contribution in [0, 0.1) is 0 Å². The second-order valence-corrected chi connectivity index (χ2v) is 6.15. The first-order chi connectivity index (χ1) is 12.5. The number of carbonyl (C=O) groups is 2. The molecule has 138 valence electrons. The number of carbonyl (C=O) groups excluding carboxylic acids is 2. The first-order valence-corrected chi connectivity index (χ1v) is 8.69. The average Bonchev–Trinajstić information content (AvgIpc) is 2.67. The Labute approximate surface area is 154 Å². The highest BCUT2D eigenvalue weighted by Gasteiger charge is 2.13. The summed E-state index contributed by atoms with van der Waals surface area (Å²) in [7, 11) is 1.61. The third kappa shape index (κ3) is 5.43. The highest BCUT2D eigenvalue weighted by molar-refractivity contribution is 5.96. The van der Waals surface area contributed by atoms with E-state index in [1.54, 1.807) is 31.4 Å². The summed E-state index contributed by atoms with van der Waals surface area (Å²) in [5.41, 5.74) is 3.19. The Hall–Kier alpha value is -2.66. The molecule has 0 radical (unpaired) electrons. The summed E-state index contributed by atoms with van der Waals surface area (Å²) in [5, 5.41) is 2.83. The zero-order chi connectivity index (χ0) is 18.9. The van der Waals surface area contributed by atoms with Crippen LogP contribution in [-0.2, 0) is 20.9 Å². The number of anilines is 1. The fourth-order valence-corrected chi connectivity index (χ4v) is 2.56. The van der Waals surface area contributed by atoms with Crippen molar-refractivity contribution in [3.05, 3.63) is 65.2 Å². The molecule has 1 amide bonds. The first-order valence-electron chi connectivity index (χ1n) is 8.69. The van der Waals surface area contributed by atoms with Crippen molar-refractivity contribution < 1.29 is 19.1 Å². The molecule has 26 heavy (non-hydrogen) atoms. The standard InChI is InChI=1S/C21H25NO4/c1-4-15(2)18-7-5-6-8-19(18)22-20(23)14-26-21(24)17-11-9-16(10-12-17)13-25-3/h5-12,15H,4,13-14H2,1-3H3,(H,22,23)/t15-/m0/s1. The molecule has 2 aromatic carbocycles. The third-order valence-corrected chi connectivity index (χ3v) is 4.21. The van der Waals surface area contributed by atoms with E-state index in [0.29, 0.717) is 18.1 Å². The van der Waals surface area contributed by atoms with Gasteiger partial charge in [-0.1, -0.05) is 44.2 Å². The summed E-state index contributed by atoms with van der Waals surface area (Å²) in [6.45, 7) is 4.36. The number of hydrogen-bond acceptors (Lipinski definition) is 4. The van der Waals surface area contributed by atoms with E-state index < -0.39 is 5.97 Å². The van der Waals surface area contributed by atoms with Gasteiger partial charge in [0.15, 0.2) is 6.61 Å². The lowest BCUT2D eigenvalue weighted by Gasteiger charge is -2.15. The van der Waals surface area contributed by atoms with Crippen molar-refractivity contribution in [3.8, 4) is 0 Å². The number of rotatable bonds is 8. The van der Waals surface area contributed by atoms with Crippen LogP contribution in [0.25, 0.3) is 0 Å². The minimum absolute atomic E-state index is 0.326. The summed E-state index contributed by atoms with van der Waals surface area (Å²) in [4.78, 5) is 24.2. The van der Waals surface area contributed by atoms with Gasteiger partial charge in [0, 0.05) is 12.8 Å². The molecule has 0 heterocycles. The lowest BCUT2D eigenvalue weighted by Crippen LogP contribution is -2.21. The minimum Gasteiger partial charge on any atom is -0.452 e. The molecule has 5 heteroatoms. The first kappa shape index (κ1) is 19.7. The summed E-state index contributed by atoms with van der Waals surface area (Å²) in [6, 6.07) is 14.6. The van der Waals surface area contributed by atoms with Crippen molar-refractivity contribution >= 4 is 17.6 Å². The maximum Gasteiger partial charge on any atom is 0.338 e. The maximum atomic E-state index is 12.1. The molecule has 0 fully saturated rings. The fraction of sp³-hybridized carbons (Fsp3) is 0.333. The SMILES string of the molecule is CC[C@H](C)c1ccccc1NC(=O)COC(=O)c1ccc(COC)cc1. The molecule has 0 aliphatic rings. The van der Waals surface area contributed by atoms with Crippen LogP contribution in [0.2, 0.25) is 0 Å². The molecular weight excluding hydrogens is 330 g/mol. The van der Waals surface area contributed by atoms with Gasteiger partial charge in [-0.15, -0.1) is 0 Å². The molecule has 1 atom stereocenters. The smallest absolute Gasteiger partial charge is 0.338 e. The van der Waals surface area contributed by atoms with Gasteiger partial charge in [-0.2, -0.15) is 0 Å². The minimum atomic E-state index is -0.528. The number of nitrogens with one attached hydrogen (secondary N) is 1. The number of amides is 1. The summed E-state index contributed by atoms with van der Waals surface area (Å²) < 4.78 is 10.1. The fourth-order valence-electron chi connectivity index (χ4n) is 2.56. The van der Waals surface area contributed by atoms with E-state index in [2.05, 4.69) is 19.2 Å². The van der Waals surface area contributed by atoms with E-state index in [-0.39, 0.29) is 12.5 Å². The molecular formula is C21H25NO4. The number of hydrogen-bond donors (Lipinski definition) is 1. The van der Waals surface area contributed by atoms with Crippen molar-refractivity contribution in [2.75, 3.05) is 19.0 Å². The van der Waals surface area contributed by atoms with Gasteiger partial charge in [0.25, 0.3) is 5.91 Å². The summed E-state index contributed by atoms with van der Waals surface area (Å²) in [5.74, 6) is -0.552. The molecule has 0 unspecified atom stereocenters. The normalized spacial score (nSPS) is 11.7. The van der Waals surface area contributed by atoms with Crippen molar-refractivity contribution in [2.45, 2.75) is 32.8 Å². The van der Waals surface area contributed by atoms with Gasteiger partial charge in [0.05, 0.1) is 12.2 Å². The summed E-state index contributed by atoms with van der Waals surface area (Å²) in [6.07, 6.45) is 0.973. The molecule has 0 saturated heterocycles. The van der Waals surface area contributed by atoms with Crippen LogP contribution in [0.3, 0.4) is 0 Å². The van der Waals surface area contributed by atoms with Crippen molar-refractivity contribution in [2.24, 2.45) is 0 Å². The number of esters is 1. The van der Waals surface area contributed by atoms with Crippen LogP contribution >= 0.6 is 0 Å². The van der Waals surface area contributed by atoms with Crippen LogP contribution in [0.4, 0.5) is 5.69 Å². The van der Waals surface area contributed by atoms with Crippen molar-refractivity contribution in [1.82, 2.24) is 0 Å². The van der Waals surface area contributed by atoms with E-state index in [1.165, 1.54) is 0 Å². The Bertz CT molecular complexity index is 740. The lowest BCUT2D eigenvalue weighted by atomic mass is 9.97. The van der Waals surface area contributed by atoms with Crippen molar-refractivity contribution in [3.63, 3.8) is 0 Å². The molecule has 0 spiro atoms. The van der Waals surface area contributed by atoms with Gasteiger partial charge in [-0.05, 0) is 41.7 Å². The molecule has 0 aliphatic carbocycles. The van der Waals surface area contributed by atoms with Gasteiger partial charge < -0.3 is 14.8 Å². The van der Waals surface area contributed by atoms with Gasteiger partial charge in [0.2, 0.25) is 0 Å². The molecule has 1 N–H and O–H groups in total. The molecule has 0 aromatic heterocycles. The quantitative estimate of drug-likeness (QED) is 0.723. The number of ether oxygens (including phenoxy) is 2. The molecule has 2 rings (SSSR count). The van der Waals surface area contributed by atoms with Gasteiger partial charge in [-0.3, -0.25) is 4.79 Å². The zero-order valence-electron chi connectivity index (χ0n) is 15.5. The van der Waals surface area contributed by atoms with E-state index in [4.69, 9.17) is 9.47 Å². The Balaban J connectivity index is 1.91. The van der Waals surface area contributed by atoms with Crippen LogP contribution in [0.1, 0.15) is 47.7 Å². The Morgan fingerprint density at radius 2 is 1.77 bits per heavy atom. The predicted molar refractivity (Wildman–Crippen MR) is 101 cm³/mol. The second-order valence-electron chi connectivity index (χ2n) is 6.15. The lowest BCUT2D eigenvalue weighted by molar-refractivity contribution is -0.119. The number of para-hydroxylation sites is 1. The highest BCUT2D eigenvalue weighted by Crippen LogP contribution is 2.26. The largest absolute Gasteiger partial charge is 0.452 e. The topological polar surface area (TPSA) is 64.6 Å².